The zero-order valence-electron chi connectivity index (χ0n) is 52.2. The van der Waals surface area contributed by atoms with Gasteiger partial charge in [-0.15, -0.1) is 0 Å². The SMILES string of the molecule is CC/C=C\C/C=C\C/C=C\C/C=C\CCCCC(=O)OC(COC(=O)CCCCCCC/C=C\CCCCCC)COC(=O)CCCCCCCCCCCCCCCCCCCCCCCCCCCCCCCCCC. The molecule has 0 amide bonds. The van der Waals surface area contributed by atoms with E-state index < -0.39 is 6.10 Å². The summed E-state index contributed by atoms with van der Waals surface area (Å²) in [6, 6.07) is 0. The van der Waals surface area contributed by atoms with Crippen LogP contribution in [-0.4, -0.2) is 37.2 Å². The first kappa shape index (κ1) is 75.1. The Bertz CT molecular complexity index is 1390. The van der Waals surface area contributed by atoms with Crippen molar-refractivity contribution in [2.75, 3.05) is 13.2 Å². The van der Waals surface area contributed by atoms with Gasteiger partial charge in [0.05, 0.1) is 0 Å². The number of ether oxygens (including phenoxy) is 3. The summed E-state index contributed by atoms with van der Waals surface area (Å²) in [5, 5.41) is 0. The lowest BCUT2D eigenvalue weighted by Gasteiger charge is -2.18. The van der Waals surface area contributed by atoms with Crippen LogP contribution in [0.4, 0.5) is 0 Å². The second-order valence-electron chi connectivity index (χ2n) is 23.1. The Morgan fingerprint density at radius 1 is 0.269 bits per heavy atom. The van der Waals surface area contributed by atoms with Gasteiger partial charge in [0.2, 0.25) is 0 Å². The lowest BCUT2D eigenvalue weighted by molar-refractivity contribution is -0.167. The Morgan fingerprint density at radius 3 is 0.833 bits per heavy atom. The third-order valence-electron chi connectivity index (χ3n) is 15.3. The van der Waals surface area contributed by atoms with Gasteiger partial charge in [0.1, 0.15) is 13.2 Å². The van der Waals surface area contributed by atoms with Gasteiger partial charge in [0.25, 0.3) is 0 Å². The molecule has 0 rings (SSSR count). The maximum absolute atomic E-state index is 12.9. The average molecular weight is 1090 g/mol. The molecule has 6 nitrogen and oxygen atoms in total. The summed E-state index contributed by atoms with van der Waals surface area (Å²) >= 11 is 0. The topological polar surface area (TPSA) is 78.9 Å². The lowest BCUT2D eigenvalue weighted by atomic mass is 10.0. The molecule has 454 valence electrons. The highest BCUT2D eigenvalue weighted by atomic mass is 16.6. The Kier molecular flexibility index (Phi) is 64.2. The number of unbranched alkanes of at least 4 members (excludes halogenated alkanes) is 42. The highest BCUT2D eigenvalue weighted by molar-refractivity contribution is 5.71. The van der Waals surface area contributed by atoms with Crippen LogP contribution in [0.25, 0.3) is 0 Å². The van der Waals surface area contributed by atoms with Crippen molar-refractivity contribution >= 4 is 17.9 Å². The minimum absolute atomic E-state index is 0.0907. The standard InChI is InChI=1S/C72H130O6/c1-4-7-10-13-16-19-22-25-27-28-29-30-31-32-33-34-35-36-37-38-39-40-41-42-43-45-47-50-53-56-59-62-65-71(74)77-68-69(67-76-70(73)64-61-58-55-52-49-46-24-21-18-15-12-9-6-3)78-72(75)66-63-60-57-54-51-48-44-26-23-20-17-14-11-8-5-2/h8,11,17,20-21,24,26,44,51,54,69H,4-7,9-10,12-16,18-19,22-23,25,27-43,45-50,52-53,55-68H2,1-3H3/b11-8-,20-17-,24-21-,44-26-,54-51-. The first-order chi connectivity index (χ1) is 38.5. The van der Waals surface area contributed by atoms with E-state index in [1.807, 2.05) is 0 Å². The Labute approximate surface area is 485 Å². The Morgan fingerprint density at radius 2 is 0.500 bits per heavy atom. The van der Waals surface area contributed by atoms with E-state index in [1.165, 1.54) is 231 Å². The van der Waals surface area contributed by atoms with Crippen LogP contribution < -0.4 is 0 Å². The predicted molar refractivity (Wildman–Crippen MR) is 339 cm³/mol. The molecule has 1 atom stereocenters. The van der Waals surface area contributed by atoms with E-state index in [1.54, 1.807) is 0 Å². The highest BCUT2D eigenvalue weighted by Crippen LogP contribution is 2.18. The van der Waals surface area contributed by atoms with E-state index in [4.69, 9.17) is 14.2 Å². The molecule has 0 saturated heterocycles. The Balaban J connectivity index is 4.13. The van der Waals surface area contributed by atoms with Crippen LogP contribution in [0, 0.1) is 0 Å². The Hall–Kier alpha value is -2.89. The zero-order chi connectivity index (χ0) is 56.4. The van der Waals surface area contributed by atoms with Gasteiger partial charge in [-0.1, -0.05) is 319 Å². The van der Waals surface area contributed by atoms with E-state index in [9.17, 15) is 14.4 Å². The molecule has 0 aliphatic carbocycles. The normalized spacial score (nSPS) is 12.4. The fourth-order valence-electron chi connectivity index (χ4n) is 10.1. The molecule has 0 spiro atoms. The molecular weight excluding hydrogens is 961 g/mol. The van der Waals surface area contributed by atoms with Crippen LogP contribution in [-0.2, 0) is 28.6 Å². The van der Waals surface area contributed by atoms with Crippen molar-refractivity contribution < 1.29 is 28.6 Å². The van der Waals surface area contributed by atoms with Crippen molar-refractivity contribution in [3.63, 3.8) is 0 Å². The third-order valence-corrected chi connectivity index (χ3v) is 15.3. The van der Waals surface area contributed by atoms with Crippen molar-refractivity contribution in [3.8, 4) is 0 Å². The molecule has 0 bridgehead atoms. The minimum Gasteiger partial charge on any atom is -0.462 e. The fraction of sp³-hybridized carbons (Fsp3) is 0.819. The van der Waals surface area contributed by atoms with E-state index in [0.29, 0.717) is 19.3 Å². The van der Waals surface area contributed by atoms with Gasteiger partial charge in [0, 0.05) is 19.3 Å². The molecule has 0 aromatic rings. The number of carbonyl (C=O) groups is 3. The quantitative estimate of drug-likeness (QED) is 0.0261. The third kappa shape index (κ3) is 63.9. The molecule has 78 heavy (non-hydrogen) atoms. The summed E-state index contributed by atoms with van der Waals surface area (Å²) in [7, 11) is 0. The molecule has 0 saturated carbocycles. The van der Waals surface area contributed by atoms with E-state index in [0.717, 1.165) is 83.5 Å². The van der Waals surface area contributed by atoms with Gasteiger partial charge in [-0.3, -0.25) is 14.4 Å². The summed E-state index contributed by atoms with van der Waals surface area (Å²) in [4.78, 5) is 38.3. The summed E-state index contributed by atoms with van der Waals surface area (Å²) in [5.41, 5.74) is 0. The predicted octanol–water partition coefficient (Wildman–Crippen LogP) is 23.5. The van der Waals surface area contributed by atoms with Crippen molar-refractivity contribution in [1.82, 2.24) is 0 Å². The van der Waals surface area contributed by atoms with Crippen molar-refractivity contribution in [3.05, 3.63) is 60.8 Å². The molecule has 1 unspecified atom stereocenters. The van der Waals surface area contributed by atoms with Crippen LogP contribution in [0.5, 0.6) is 0 Å². The fourth-order valence-corrected chi connectivity index (χ4v) is 10.1. The van der Waals surface area contributed by atoms with Gasteiger partial charge in [-0.2, -0.15) is 0 Å². The van der Waals surface area contributed by atoms with Crippen LogP contribution >= 0.6 is 0 Å². The largest absolute Gasteiger partial charge is 0.462 e. The summed E-state index contributed by atoms with van der Waals surface area (Å²) in [6.07, 6.45) is 85.6. The van der Waals surface area contributed by atoms with Crippen LogP contribution in [0.2, 0.25) is 0 Å². The van der Waals surface area contributed by atoms with Gasteiger partial charge in [0.15, 0.2) is 6.10 Å². The molecule has 0 aliphatic heterocycles. The van der Waals surface area contributed by atoms with Gasteiger partial charge < -0.3 is 14.2 Å². The number of hydrogen-bond donors (Lipinski definition) is 0. The summed E-state index contributed by atoms with van der Waals surface area (Å²) < 4.78 is 16.9. The zero-order valence-corrected chi connectivity index (χ0v) is 52.2. The molecule has 0 aromatic carbocycles. The van der Waals surface area contributed by atoms with Crippen LogP contribution in [0.15, 0.2) is 60.8 Å². The number of allylic oxidation sites excluding steroid dienone is 10. The number of rotatable bonds is 63. The number of hydrogen-bond acceptors (Lipinski definition) is 6. The second kappa shape index (κ2) is 66.6. The van der Waals surface area contributed by atoms with Crippen LogP contribution in [0.1, 0.15) is 361 Å². The van der Waals surface area contributed by atoms with E-state index in [-0.39, 0.29) is 37.5 Å². The summed E-state index contributed by atoms with van der Waals surface area (Å²) in [6.45, 7) is 6.52. The molecule has 0 aliphatic rings. The monoisotopic (exact) mass is 1090 g/mol. The number of carbonyl (C=O) groups excluding carboxylic acids is 3. The highest BCUT2D eigenvalue weighted by Gasteiger charge is 2.19. The molecule has 0 fully saturated rings. The van der Waals surface area contributed by atoms with Gasteiger partial charge in [-0.25, -0.2) is 0 Å². The van der Waals surface area contributed by atoms with E-state index in [2.05, 4.69) is 81.5 Å². The average Bonchev–Trinajstić information content (AvgIpc) is 3.44. The van der Waals surface area contributed by atoms with Crippen molar-refractivity contribution in [1.29, 1.82) is 0 Å². The molecule has 6 heteroatoms. The van der Waals surface area contributed by atoms with Crippen molar-refractivity contribution in [2.45, 2.75) is 367 Å². The van der Waals surface area contributed by atoms with Gasteiger partial charge >= 0.3 is 17.9 Å². The smallest absolute Gasteiger partial charge is 0.306 e. The molecule has 0 heterocycles. The van der Waals surface area contributed by atoms with E-state index >= 15 is 0 Å². The number of esters is 3. The van der Waals surface area contributed by atoms with Crippen molar-refractivity contribution in [2.24, 2.45) is 0 Å². The van der Waals surface area contributed by atoms with Crippen LogP contribution in [0.3, 0.4) is 0 Å². The molecule has 0 N–H and O–H groups in total. The maximum Gasteiger partial charge on any atom is 0.306 e. The summed E-state index contributed by atoms with van der Waals surface area (Å²) in [5.74, 6) is -0.925. The maximum atomic E-state index is 12.9. The molecule has 0 radical (unpaired) electrons. The lowest BCUT2D eigenvalue weighted by Crippen LogP contribution is -2.30. The molecular formula is C72H130O6. The van der Waals surface area contributed by atoms with Gasteiger partial charge in [-0.05, 0) is 83.5 Å². The first-order valence-corrected chi connectivity index (χ1v) is 34.3. The molecule has 0 aromatic heterocycles. The minimum atomic E-state index is -0.798. The second-order valence-corrected chi connectivity index (χ2v) is 23.1. The first-order valence-electron chi connectivity index (χ1n) is 34.3.